The number of aromatic carboxylic acids is 2. The minimum Gasteiger partial charge on any atom is -0.543 e. The minimum absolute atomic E-state index is 0.0790. The van der Waals surface area contributed by atoms with Crippen LogP contribution in [0.3, 0.4) is 0 Å². The summed E-state index contributed by atoms with van der Waals surface area (Å²) >= 11 is 0. The average Bonchev–Trinajstić information content (AvgIpc) is 3.35. The number of fused-ring (bicyclic) bond motifs is 2. The van der Waals surface area contributed by atoms with Crippen LogP contribution in [0.1, 0.15) is 43.6 Å². The van der Waals surface area contributed by atoms with Gasteiger partial charge in [0.25, 0.3) is 0 Å². The number of rotatable bonds is 5. The first-order valence-corrected chi connectivity index (χ1v) is 9.75. The van der Waals surface area contributed by atoms with E-state index in [1.807, 2.05) is 54.6 Å². The Morgan fingerprint density at radius 1 is 0.613 bits per heavy atom. The zero-order chi connectivity index (χ0) is 21.5. The molecule has 6 nitrogen and oxygen atoms in total. The van der Waals surface area contributed by atoms with Crippen molar-refractivity contribution in [3.8, 4) is 0 Å². The monoisotopic (exact) mass is 408 g/mol. The first-order valence-electron chi connectivity index (χ1n) is 9.75. The van der Waals surface area contributed by atoms with Gasteiger partial charge in [0.15, 0.2) is 0 Å². The molecule has 2 heterocycles. The van der Waals surface area contributed by atoms with Crippen molar-refractivity contribution in [3.05, 3.63) is 107 Å². The average molecular weight is 408 g/mol. The Hall–Kier alpha value is -4.32. The number of carboxylic acid groups (broad SMARTS) is 2. The maximum absolute atomic E-state index is 12.1. The van der Waals surface area contributed by atoms with Crippen LogP contribution in [-0.2, 0) is 0 Å². The molecule has 0 fully saturated rings. The van der Waals surface area contributed by atoms with Crippen LogP contribution in [0.4, 0.5) is 0 Å². The second-order valence-corrected chi connectivity index (χ2v) is 7.34. The van der Waals surface area contributed by atoms with Crippen LogP contribution in [0, 0.1) is 0 Å². The van der Waals surface area contributed by atoms with Crippen molar-refractivity contribution in [3.63, 3.8) is 0 Å². The largest absolute Gasteiger partial charge is 0.543 e. The van der Waals surface area contributed by atoms with Crippen LogP contribution in [0.15, 0.2) is 78.9 Å². The van der Waals surface area contributed by atoms with E-state index in [-0.39, 0.29) is 11.4 Å². The predicted molar refractivity (Wildman–Crippen MR) is 113 cm³/mol. The number of aromatic nitrogens is 2. The Labute approximate surface area is 176 Å². The van der Waals surface area contributed by atoms with Crippen molar-refractivity contribution >= 4 is 33.7 Å². The number of nitrogens with one attached hydrogen (secondary N) is 2. The van der Waals surface area contributed by atoms with Crippen molar-refractivity contribution in [2.75, 3.05) is 0 Å². The highest BCUT2D eigenvalue weighted by Crippen LogP contribution is 2.42. The number of aromatic amines is 2. The van der Waals surface area contributed by atoms with E-state index >= 15 is 0 Å². The fourth-order valence-corrected chi connectivity index (χ4v) is 4.37. The molecule has 5 aromatic rings. The van der Waals surface area contributed by atoms with E-state index in [9.17, 15) is 19.8 Å². The number of carbonyl (C=O) groups is 2. The van der Waals surface area contributed by atoms with Crippen LogP contribution < -0.4 is 10.2 Å². The third-order valence-corrected chi connectivity index (χ3v) is 5.61. The zero-order valence-electron chi connectivity index (χ0n) is 16.2. The molecule has 0 spiro atoms. The quantitative estimate of drug-likeness (QED) is 0.465. The molecule has 0 bridgehead atoms. The minimum atomic E-state index is -1.36. The molecular formula is C25H16N2O4-2. The van der Waals surface area contributed by atoms with E-state index < -0.39 is 17.9 Å². The predicted octanol–water partition coefficient (Wildman–Crippen LogP) is 2.56. The number of carboxylic acids is 2. The van der Waals surface area contributed by atoms with Crippen LogP contribution in [0.5, 0.6) is 0 Å². The Kier molecular flexibility index (Phi) is 4.33. The number of hydrogen-bond donors (Lipinski definition) is 2. The Morgan fingerprint density at radius 2 is 1.03 bits per heavy atom. The highest BCUT2D eigenvalue weighted by Gasteiger charge is 2.29. The SMILES string of the molecule is O=C([O-])c1[nH]c2ccccc2c1C(c1ccccc1)c1c(C(=O)[O-])[nH]c2ccccc12. The van der Waals surface area contributed by atoms with Crippen LogP contribution in [0.25, 0.3) is 21.8 Å². The highest BCUT2D eigenvalue weighted by molar-refractivity contribution is 6.01. The molecule has 0 radical (unpaired) electrons. The second-order valence-electron chi connectivity index (χ2n) is 7.34. The standard InChI is InChI=1S/C25H18N2O4/c28-24(29)22-20(15-10-4-6-12-17(15)26-22)19(14-8-2-1-3-9-14)21-16-11-5-7-13-18(16)27-23(21)25(30)31/h1-13,19,26-27H,(H,28,29)(H,30,31)/p-2. The van der Waals surface area contributed by atoms with Gasteiger partial charge in [-0.2, -0.15) is 0 Å². The van der Waals surface area contributed by atoms with Crippen LogP contribution in [0.2, 0.25) is 0 Å². The van der Waals surface area contributed by atoms with Crippen LogP contribution in [-0.4, -0.2) is 21.9 Å². The summed E-state index contributed by atoms with van der Waals surface area (Å²) in [5.41, 5.74) is 2.76. The first kappa shape index (κ1) is 18.7. The maximum Gasteiger partial charge on any atom is 0.0881 e. The molecule has 31 heavy (non-hydrogen) atoms. The summed E-state index contributed by atoms with van der Waals surface area (Å²) in [7, 11) is 0. The number of benzene rings is 3. The topological polar surface area (TPSA) is 112 Å². The van der Waals surface area contributed by atoms with Gasteiger partial charge < -0.3 is 29.8 Å². The van der Waals surface area contributed by atoms with Gasteiger partial charge in [-0.05, 0) is 28.8 Å². The van der Waals surface area contributed by atoms with Gasteiger partial charge in [0.1, 0.15) is 0 Å². The van der Waals surface area contributed by atoms with Gasteiger partial charge in [0.05, 0.1) is 23.3 Å². The lowest BCUT2D eigenvalue weighted by atomic mass is 9.82. The van der Waals surface area contributed by atoms with E-state index in [1.54, 1.807) is 24.3 Å². The lowest BCUT2D eigenvalue weighted by Gasteiger charge is -2.22. The Balaban J connectivity index is 1.94. The van der Waals surface area contributed by atoms with E-state index in [2.05, 4.69) is 9.97 Å². The van der Waals surface area contributed by atoms with Crippen molar-refractivity contribution in [1.29, 1.82) is 0 Å². The third kappa shape index (κ3) is 2.97. The number of hydrogen-bond acceptors (Lipinski definition) is 4. The molecule has 0 aliphatic heterocycles. The smallest absolute Gasteiger partial charge is 0.0881 e. The molecule has 0 unspecified atom stereocenters. The summed E-state index contributed by atoms with van der Waals surface area (Å²) in [6.45, 7) is 0. The molecule has 0 aliphatic rings. The Morgan fingerprint density at radius 3 is 1.48 bits per heavy atom. The molecule has 152 valence electrons. The third-order valence-electron chi connectivity index (χ3n) is 5.61. The second kappa shape index (κ2) is 7.18. The normalized spacial score (nSPS) is 11.4. The maximum atomic E-state index is 12.1. The molecule has 0 atom stereocenters. The summed E-state index contributed by atoms with van der Waals surface area (Å²) < 4.78 is 0. The lowest BCUT2D eigenvalue weighted by Crippen LogP contribution is -2.27. The van der Waals surface area contributed by atoms with E-state index in [1.165, 1.54) is 0 Å². The molecule has 6 heteroatoms. The summed E-state index contributed by atoms with van der Waals surface area (Å²) in [5.74, 6) is -3.40. The lowest BCUT2D eigenvalue weighted by molar-refractivity contribution is -0.256. The van der Waals surface area contributed by atoms with Gasteiger partial charge >= 0.3 is 0 Å². The summed E-state index contributed by atoms with van der Waals surface area (Å²) in [6.07, 6.45) is 0. The Bertz CT molecular complexity index is 1350. The fourth-order valence-electron chi connectivity index (χ4n) is 4.37. The van der Waals surface area contributed by atoms with Gasteiger partial charge in [-0.3, -0.25) is 0 Å². The summed E-state index contributed by atoms with van der Waals surface area (Å²) in [6, 6.07) is 23.7. The molecule has 2 aromatic heterocycles. The van der Waals surface area contributed by atoms with Crippen molar-refractivity contribution < 1.29 is 19.8 Å². The van der Waals surface area contributed by atoms with E-state index in [0.717, 1.165) is 5.56 Å². The van der Waals surface area contributed by atoms with Crippen molar-refractivity contribution in [1.82, 2.24) is 9.97 Å². The summed E-state index contributed by atoms with van der Waals surface area (Å²) in [5, 5.41) is 25.6. The van der Waals surface area contributed by atoms with Gasteiger partial charge in [-0.25, -0.2) is 0 Å². The molecule has 3 aromatic carbocycles. The van der Waals surface area contributed by atoms with Gasteiger partial charge in [0.2, 0.25) is 0 Å². The van der Waals surface area contributed by atoms with Gasteiger partial charge in [-0.15, -0.1) is 0 Å². The van der Waals surface area contributed by atoms with Crippen LogP contribution >= 0.6 is 0 Å². The number of para-hydroxylation sites is 2. The highest BCUT2D eigenvalue weighted by atomic mass is 16.4. The van der Waals surface area contributed by atoms with E-state index in [4.69, 9.17) is 0 Å². The molecule has 0 saturated heterocycles. The molecule has 0 saturated carbocycles. The molecule has 0 amide bonds. The molecular weight excluding hydrogens is 392 g/mol. The molecule has 2 N–H and O–H groups in total. The fraction of sp³-hybridized carbons (Fsp3) is 0.0400. The zero-order valence-corrected chi connectivity index (χ0v) is 16.2. The van der Waals surface area contributed by atoms with E-state index in [0.29, 0.717) is 32.9 Å². The first-order chi connectivity index (χ1) is 15.1. The van der Waals surface area contributed by atoms with Gasteiger partial charge in [0, 0.05) is 27.7 Å². The molecule has 0 aliphatic carbocycles. The number of carbonyl (C=O) groups excluding carboxylic acids is 2. The van der Waals surface area contributed by atoms with Gasteiger partial charge in [-0.1, -0.05) is 66.7 Å². The van der Waals surface area contributed by atoms with Crippen molar-refractivity contribution in [2.24, 2.45) is 0 Å². The number of H-pyrrole nitrogens is 2. The summed E-state index contributed by atoms with van der Waals surface area (Å²) in [4.78, 5) is 30.1. The molecule has 5 rings (SSSR count). The van der Waals surface area contributed by atoms with Crippen molar-refractivity contribution in [2.45, 2.75) is 5.92 Å².